The fourth-order valence-electron chi connectivity index (χ4n) is 10.2. The second-order valence-electron chi connectivity index (χ2n) is 16.5. The van der Waals surface area contributed by atoms with Gasteiger partial charge in [-0.2, -0.15) is 0 Å². The smallest absolute Gasteiger partial charge is 0.0713 e. The Bertz CT molecular complexity index is 3280. The number of hydrogen-bond donors (Lipinski definition) is 0. The second-order valence-corrected chi connectivity index (χ2v) is 16.5. The van der Waals surface area contributed by atoms with Crippen molar-refractivity contribution < 1.29 is 0 Å². The van der Waals surface area contributed by atoms with Gasteiger partial charge in [0.2, 0.25) is 0 Å². The molecule has 2 heteroatoms. The summed E-state index contributed by atoms with van der Waals surface area (Å²) in [6.07, 6.45) is 7.19. The highest BCUT2D eigenvalue weighted by atomic mass is 15.1. The van der Waals surface area contributed by atoms with E-state index < -0.39 is 5.41 Å². The van der Waals surface area contributed by atoms with Gasteiger partial charge >= 0.3 is 0 Å². The molecule has 300 valence electrons. The van der Waals surface area contributed by atoms with Crippen LogP contribution in [0.3, 0.4) is 0 Å². The first-order valence-corrected chi connectivity index (χ1v) is 21.9. The van der Waals surface area contributed by atoms with E-state index >= 15 is 0 Å². The van der Waals surface area contributed by atoms with Crippen LogP contribution in [0.5, 0.6) is 0 Å². The highest BCUT2D eigenvalue weighted by Gasteiger charge is 2.46. The van der Waals surface area contributed by atoms with Crippen LogP contribution in [-0.2, 0) is 5.41 Å². The van der Waals surface area contributed by atoms with Crippen molar-refractivity contribution in [2.45, 2.75) is 18.8 Å². The van der Waals surface area contributed by atoms with Crippen molar-refractivity contribution in [3.05, 3.63) is 271 Å². The van der Waals surface area contributed by atoms with Gasteiger partial charge in [-0.1, -0.05) is 176 Å². The Morgan fingerprint density at radius 3 is 1.89 bits per heavy atom. The van der Waals surface area contributed by atoms with Crippen LogP contribution in [0, 0.1) is 6.92 Å². The van der Waals surface area contributed by atoms with Crippen LogP contribution in [0.25, 0.3) is 55.7 Å². The zero-order valence-electron chi connectivity index (χ0n) is 35.3. The van der Waals surface area contributed by atoms with Crippen molar-refractivity contribution in [2.24, 2.45) is 0 Å². The first-order valence-electron chi connectivity index (χ1n) is 21.9. The third kappa shape index (κ3) is 6.25. The Hall–Kier alpha value is -7.94. The van der Waals surface area contributed by atoms with Crippen molar-refractivity contribution in [1.82, 2.24) is 4.57 Å². The highest BCUT2D eigenvalue weighted by molar-refractivity contribution is 6.01. The fourth-order valence-corrected chi connectivity index (χ4v) is 10.2. The molecular formula is C61H46N2. The molecule has 2 nitrogen and oxygen atoms in total. The Morgan fingerprint density at radius 2 is 1.14 bits per heavy atom. The number of aromatic nitrogens is 1. The first kappa shape index (κ1) is 38.0. The van der Waals surface area contributed by atoms with Crippen LogP contribution in [0.4, 0.5) is 17.1 Å². The number of nitrogens with zero attached hydrogens (tertiary/aromatic N) is 2. The van der Waals surface area contributed by atoms with E-state index in [9.17, 15) is 0 Å². The molecule has 1 aromatic heterocycles. The van der Waals surface area contributed by atoms with Crippen LogP contribution >= 0.6 is 0 Å². The molecule has 9 aromatic carbocycles. The summed E-state index contributed by atoms with van der Waals surface area (Å²) in [6, 6.07) is 80.1. The van der Waals surface area contributed by atoms with E-state index in [1.54, 1.807) is 0 Å². The Labute approximate surface area is 370 Å². The molecule has 0 bridgehead atoms. The molecule has 1 aliphatic carbocycles. The zero-order valence-corrected chi connectivity index (χ0v) is 35.3. The number of hydrogen-bond acceptors (Lipinski definition) is 1. The Balaban J connectivity index is 1.05. The lowest BCUT2D eigenvalue weighted by atomic mass is 9.67. The summed E-state index contributed by atoms with van der Waals surface area (Å²) in [7, 11) is 0. The summed E-state index contributed by atoms with van der Waals surface area (Å²) in [4.78, 5) is 2.42. The number of anilines is 3. The van der Waals surface area contributed by atoms with Crippen LogP contribution < -0.4 is 4.90 Å². The van der Waals surface area contributed by atoms with E-state index in [1.165, 1.54) is 77.4 Å². The first-order chi connectivity index (χ1) is 31.1. The Kier molecular flexibility index (Phi) is 9.55. The van der Waals surface area contributed by atoms with Crippen LogP contribution in [-0.4, -0.2) is 4.57 Å². The summed E-state index contributed by atoms with van der Waals surface area (Å²) < 4.78 is 2.38. The van der Waals surface area contributed by atoms with Gasteiger partial charge in [0.05, 0.1) is 16.6 Å². The predicted molar refractivity (Wildman–Crippen MR) is 267 cm³/mol. The standard InChI is InChI=1S/C61H46N2/c1-3-4-8-31-58-43(2)54-42-51(38-40-60(54)63(58)49-26-13-7-14-27-49)62(59-32-19-21-45-20-15-16-28-52(45)59)50-36-33-44(34-37-50)46-35-39-57-55(41-46)53-29-17-18-30-56(53)61(57,47-22-9-5-10-23-47)48-24-11-6-12-25-48/h3,5-42H,1,4H2,2H3/b31-8-. The van der Waals surface area contributed by atoms with Gasteiger partial charge in [-0.3, -0.25) is 0 Å². The average Bonchev–Trinajstić information content (AvgIpc) is 3.81. The molecule has 10 aromatic rings. The summed E-state index contributed by atoms with van der Waals surface area (Å²) in [5.74, 6) is 0. The maximum atomic E-state index is 3.95. The summed E-state index contributed by atoms with van der Waals surface area (Å²) in [6.45, 7) is 6.20. The molecule has 11 rings (SSSR count). The van der Waals surface area contributed by atoms with E-state index in [4.69, 9.17) is 0 Å². The SMILES string of the molecule is C=CC/C=C\c1c(C)c2cc(N(c3ccc(-c4ccc5c(c4)-c4ccccc4C5(c4ccccc4)c4ccccc4)cc3)c3cccc4ccccc34)ccc2n1-c1ccccc1. The third-order valence-corrected chi connectivity index (χ3v) is 13.0. The molecule has 63 heavy (non-hydrogen) atoms. The van der Waals surface area contributed by atoms with Crippen LogP contribution in [0.2, 0.25) is 0 Å². The van der Waals surface area contributed by atoms with Gasteiger partial charge in [0.25, 0.3) is 0 Å². The van der Waals surface area contributed by atoms with Crippen molar-refractivity contribution in [3.63, 3.8) is 0 Å². The molecule has 0 aliphatic heterocycles. The number of benzene rings is 9. The van der Waals surface area contributed by atoms with Crippen molar-refractivity contribution >= 4 is 44.8 Å². The van der Waals surface area contributed by atoms with Crippen molar-refractivity contribution in [2.75, 3.05) is 4.90 Å². The molecule has 0 saturated carbocycles. The van der Waals surface area contributed by atoms with E-state index in [-0.39, 0.29) is 0 Å². The molecule has 0 unspecified atom stereocenters. The van der Waals surface area contributed by atoms with Gasteiger partial charge in [-0.05, 0) is 129 Å². The number of fused-ring (bicyclic) bond motifs is 5. The molecule has 0 N–H and O–H groups in total. The molecule has 0 spiro atoms. The molecule has 0 saturated heterocycles. The third-order valence-electron chi connectivity index (χ3n) is 13.0. The minimum absolute atomic E-state index is 0.417. The van der Waals surface area contributed by atoms with Gasteiger partial charge in [0.1, 0.15) is 0 Å². The van der Waals surface area contributed by atoms with Gasteiger partial charge in [-0.25, -0.2) is 0 Å². The fraction of sp³-hybridized carbons (Fsp3) is 0.0492. The number of para-hydroxylation sites is 1. The normalized spacial score (nSPS) is 12.7. The van der Waals surface area contributed by atoms with E-state index in [0.717, 1.165) is 29.2 Å². The van der Waals surface area contributed by atoms with E-state index in [1.807, 2.05) is 6.08 Å². The van der Waals surface area contributed by atoms with E-state index in [0.29, 0.717) is 0 Å². The van der Waals surface area contributed by atoms with Gasteiger partial charge in [-0.15, -0.1) is 6.58 Å². The quantitative estimate of drug-likeness (QED) is 0.125. The lowest BCUT2D eigenvalue weighted by Crippen LogP contribution is -2.28. The zero-order chi connectivity index (χ0) is 42.3. The minimum atomic E-state index is -0.417. The Morgan fingerprint density at radius 1 is 0.524 bits per heavy atom. The number of aryl methyl sites for hydroxylation is 1. The highest BCUT2D eigenvalue weighted by Crippen LogP contribution is 2.56. The predicted octanol–water partition coefficient (Wildman–Crippen LogP) is 16.2. The van der Waals surface area contributed by atoms with Crippen LogP contribution in [0.1, 0.15) is 39.9 Å². The lowest BCUT2D eigenvalue weighted by Gasteiger charge is -2.33. The number of allylic oxidation sites excluding steroid dienone is 2. The minimum Gasteiger partial charge on any atom is -0.310 e. The largest absolute Gasteiger partial charge is 0.310 e. The lowest BCUT2D eigenvalue weighted by molar-refractivity contribution is 0.768. The van der Waals surface area contributed by atoms with Gasteiger partial charge in [0.15, 0.2) is 0 Å². The molecule has 1 aliphatic rings. The maximum Gasteiger partial charge on any atom is 0.0713 e. The molecule has 1 heterocycles. The van der Waals surface area contributed by atoms with Gasteiger partial charge < -0.3 is 9.47 Å². The topological polar surface area (TPSA) is 8.17 Å². The summed E-state index contributed by atoms with van der Waals surface area (Å²) in [5.41, 5.74) is 17.8. The van der Waals surface area contributed by atoms with Gasteiger partial charge in [0, 0.05) is 33.5 Å². The summed E-state index contributed by atoms with van der Waals surface area (Å²) >= 11 is 0. The van der Waals surface area contributed by atoms with Crippen molar-refractivity contribution in [3.8, 4) is 27.9 Å². The molecule has 0 atom stereocenters. The average molecular weight is 807 g/mol. The monoisotopic (exact) mass is 806 g/mol. The van der Waals surface area contributed by atoms with Crippen molar-refractivity contribution in [1.29, 1.82) is 0 Å². The van der Waals surface area contributed by atoms with Crippen LogP contribution in [0.15, 0.2) is 237 Å². The molecule has 0 radical (unpaired) electrons. The summed E-state index contributed by atoms with van der Waals surface area (Å²) in [5, 5.41) is 3.63. The second kappa shape index (κ2) is 15.8. The molecule has 0 fully saturated rings. The number of rotatable bonds is 10. The van der Waals surface area contributed by atoms with E-state index in [2.05, 4.69) is 254 Å². The molecule has 0 amide bonds. The molecular weight excluding hydrogens is 761 g/mol. The maximum absolute atomic E-state index is 3.95.